The molecule has 0 aromatic heterocycles. The lowest BCUT2D eigenvalue weighted by Crippen LogP contribution is -2.22. The number of alkyl halides is 3. The second kappa shape index (κ2) is 5.56. The summed E-state index contributed by atoms with van der Waals surface area (Å²) in [5.74, 6) is -1.44. The molecule has 6 heteroatoms. The fraction of sp³-hybridized carbons (Fsp3) is 0.364. The fourth-order valence-electron chi connectivity index (χ4n) is 1.05. The summed E-state index contributed by atoms with van der Waals surface area (Å²) in [6.45, 7) is 1.79. The van der Waals surface area contributed by atoms with E-state index in [1.165, 1.54) is 12.2 Å². The molecule has 0 saturated carbocycles. The Balaban J connectivity index is 2.94. The minimum Gasteiger partial charge on any atom is -0.290 e. The van der Waals surface area contributed by atoms with Crippen LogP contribution in [-0.2, 0) is 4.79 Å². The Labute approximate surface area is 96.5 Å². The number of hydrogen-bond acceptors (Lipinski definition) is 2. The van der Waals surface area contributed by atoms with Gasteiger partial charge in [0.15, 0.2) is 5.78 Å². The molecule has 0 aliphatic heterocycles. The van der Waals surface area contributed by atoms with Crippen molar-refractivity contribution in [2.45, 2.75) is 19.5 Å². The summed E-state index contributed by atoms with van der Waals surface area (Å²) < 4.78 is 37.6. The molecule has 0 atom stereocenters. The van der Waals surface area contributed by atoms with Crippen molar-refractivity contribution in [1.82, 2.24) is 0 Å². The number of halogens is 3. The average Bonchev–Trinajstić information content (AvgIpc) is 2.25. The minimum atomic E-state index is -4.58. The molecule has 0 aromatic carbocycles. The van der Waals surface area contributed by atoms with Crippen LogP contribution in [0.15, 0.2) is 34.3 Å². The summed E-state index contributed by atoms with van der Waals surface area (Å²) in [4.78, 5) is 17.6. The van der Waals surface area contributed by atoms with Crippen LogP contribution in [0, 0.1) is 0 Å². The van der Waals surface area contributed by atoms with Crippen molar-refractivity contribution < 1.29 is 18.0 Å². The van der Waals surface area contributed by atoms with E-state index >= 15 is 0 Å². The van der Waals surface area contributed by atoms with Crippen molar-refractivity contribution in [3.05, 3.63) is 24.3 Å². The van der Waals surface area contributed by atoms with Gasteiger partial charge in [-0.2, -0.15) is 13.2 Å². The number of rotatable bonds is 2. The van der Waals surface area contributed by atoms with Gasteiger partial charge in [-0.05, 0) is 30.7 Å². The van der Waals surface area contributed by atoms with Crippen LogP contribution >= 0.6 is 0 Å². The summed E-state index contributed by atoms with van der Waals surface area (Å²) in [5.41, 5.74) is 0.0665. The molecule has 0 spiro atoms. The summed E-state index contributed by atoms with van der Waals surface area (Å²) in [5, 5.41) is 0. The van der Waals surface area contributed by atoms with Crippen molar-refractivity contribution in [3.63, 3.8) is 0 Å². The second-order valence-electron chi connectivity index (χ2n) is 3.31. The van der Waals surface area contributed by atoms with Gasteiger partial charge in [-0.25, -0.2) is 4.99 Å². The lowest BCUT2D eigenvalue weighted by Gasteiger charge is -2.07. The molecule has 0 heterocycles. The highest BCUT2D eigenvalue weighted by atomic mass is 19.4. The van der Waals surface area contributed by atoms with E-state index in [4.69, 9.17) is 0 Å². The van der Waals surface area contributed by atoms with E-state index < -0.39 is 12.0 Å². The summed E-state index contributed by atoms with van der Waals surface area (Å²) in [7, 11) is 0. The number of hydrogen-bond donors (Lipinski definition) is 0. The Hall–Kier alpha value is -1.72. The molecular formula is C11H11F3N2O. The predicted octanol–water partition coefficient (Wildman–Crippen LogP) is 2.49. The Morgan fingerprint density at radius 3 is 2.29 bits per heavy atom. The van der Waals surface area contributed by atoms with Gasteiger partial charge in [0.25, 0.3) is 0 Å². The van der Waals surface area contributed by atoms with Gasteiger partial charge in [-0.3, -0.25) is 9.79 Å². The normalized spacial score (nSPS) is 16.6. The zero-order valence-electron chi connectivity index (χ0n) is 9.16. The molecule has 0 aromatic rings. The van der Waals surface area contributed by atoms with E-state index in [9.17, 15) is 18.0 Å². The molecule has 1 rings (SSSR count). The van der Waals surface area contributed by atoms with E-state index in [1.54, 1.807) is 6.92 Å². The first kappa shape index (κ1) is 13.3. The Morgan fingerprint density at radius 1 is 1.24 bits per heavy atom. The first-order valence-corrected chi connectivity index (χ1v) is 5.04. The number of nitrogens with zero attached hydrogens (tertiary/aromatic N) is 2. The molecule has 0 bridgehead atoms. The lowest BCUT2D eigenvalue weighted by atomic mass is 10.1. The van der Waals surface area contributed by atoms with Gasteiger partial charge in [0.2, 0.25) is 5.84 Å². The standard InChI is InChI=1S/C11H11F3N2O/c1-2-7-15-10(11(12,13)14)16-8-3-5-9(17)6-4-8/h3-6H,2,7H2,1H3. The largest absolute Gasteiger partial charge is 0.451 e. The van der Waals surface area contributed by atoms with Crippen molar-refractivity contribution in [3.8, 4) is 0 Å². The first-order valence-electron chi connectivity index (χ1n) is 5.04. The molecule has 92 valence electrons. The molecule has 0 fully saturated rings. The van der Waals surface area contributed by atoms with Gasteiger partial charge in [0.05, 0.1) is 5.71 Å². The van der Waals surface area contributed by atoms with Crippen molar-refractivity contribution in [2.75, 3.05) is 6.54 Å². The van der Waals surface area contributed by atoms with Gasteiger partial charge in [-0.15, -0.1) is 0 Å². The molecule has 1 aliphatic carbocycles. The van der Waals surface area contributed by atoms with Crippen LogP contribution in [0.1, 0.15) is 13.3 Å². The Bertz CT molecular complexity index is 399. The SMILES string of the molecule is CCCN=C(N=C1C=CC(=O)C=C1)C(F)(F)F. The number of amidine groups is 1. The highest BCUT2D eigenvalue weighted by Crippen LogP contribution is 2.19. The number of carbonyl (C=O) groups is 1. The third kappa shape index (κ3) is 4.34. The molecule has 1 aliphatic rings. The van der Waals surface area contributed by atoms with Crippen molar-refractivity contribution in [2.24, 2.45) is 9.98 Å². The minimum absolute atomic E-state index is 0.0665. The number of ketones is 1. The van der Waals surface area contributed by atoms with Gasteiger partial charge >= 0.3 is 6.18 Å². The molecule has 0 radical (unpaired) electrons. The lowest BCUT2D eigenvalue weighted by molar-refractivity contribution is -0.110. The number of allylic oxidation sites excluding steroid dienone is 4. The van der Waals surface area contributed by atoms with Crippen LogP contribution in [0.2, 0.25) is 0 Å². The molecule has 0 saturated heterocycles. The summed E-state index contributed by atoms with van der Waals surface area (Å²) in [6.07, 6.45) is 0.713. The van der Waals surface area contributed by atoms with E-state index in [0.29, 0.717) is 6.42 Å². The molecule has 3 nitrogen and oxygen atoms in total. The van der Waals surface area contributed by atoms with Crippen LogP contribution < -0.4 is 0 Å². The fourth-order valence-corrected chi connectivity index (χ4v) is 1.05. The second-order valence-corrected chi connectivity index (χ2v) is 3.31. The van der Waals surface area contributed by atoms with E-state index in [0.717, 1.165) is 12.2 Å². The zero-order chi connectivity index (χ0) is 12.9. The smallest absolute Gasteiger partial charge is 0.290 e. The number of carbonyl (C=O) groups excluding carboxylic acids is 1. The van der Waals surface area contributed by atoms with Gasteiger partial charge in [0.1, 0.15) is 0 Å². The third-order valence-corrected chi connectivity index (χ3v) is 1.81. The van der Waals surface area contributed by atoms with Crippen LogP contribution in [0.5, 0.6) is 0 Å². The highest BCUT2D eigenvalue weighted by molar-refractivity contribution is 6.19. The molecule has 0 unspecified atom stereocenters. The van der Waals surface area contributed by atoms with Gasteiger partial charge < -0.3 is 0 Å². The quantitative estimate of drug-likeness (QED) is 0.418. The maximum absolute atomic E-state index is 12.5. The van der Waals surface area contributed by atoms with Crippen LogP contribution in [-0.4, -0.2) is 30.1 Å². The van der Waals surface area contributed by atoms with Gasteiger partial charge in [-0.1, -0.05) is 6.92 Å². The third-order valence-electron chi connectivity index (χ3n) is 1.81. The van der Waals surface area contributed by atoms with E-state index in [1.807, 2.05) is 0 Å². The molecule has 0 amide bonds. The highest BCUT2D eigenvalue weighted by Gasteiger charge is 2.35. The Kier molecular flexibility index (Phi) is 4.37. The van der Waals surface area contributed by atoms with Crippen LogP contribution in [0.3, 0.4) is 0 Å². The molecule has 17 heavy (non-hydrogen) atoms. The topological polar surface area (TPSA) is 41.8 Å². The molecular weight excluding hydrogens is 233 g/mol. The van der Waals surface area contributed by atoms with Crippen LogP contribution in [0.25, 0.3) is 0 Å². The van der Waals surface area contributed by atoms with Crippen molar-refractivity contribution in [1.29, 1.82) is 0 Å². The number of aliphatic imine (C=N–C) groups is 2. The first-order chi connectivity index (χ1) is 7.93. The van der Waals surface area contributed by atoms with Crippen LogP contribution in [0.4, 0.5) is 13.2 Å². The van der Waals surface area contributed by atoms with Crippen molar-refractivity contribution >= 4 is 17.3 Å². The maximum Gasteiger partial charge on any atom is 0.451 e. The summed E-state index contributed by atoms with van der Waals surface area (Å²) in [6, 6.07) is 0. The average molecular weight is 244 g/mol. The summed E-state index contributed by atoms with van der Waals surface area (Å²) >= 11 is 0. The van der Waals surface area contributed by atoms with E-state index in [2.05, 4.69) is 9.98 Å². The predicted molar refractivity (Wildman–Crippen MR) is 59.4 cm³/mol. The molecule has 0 N–H and O–H groups in total. The van der Waals surface area contributed by atoms with E-state index in [-0.39, 0.29) is 18.0 Å². The van der Waals surface area contributed by atoms with Gasteiger partial charge in [0, 0.05) is 6.54 Å². The maximum atomic E-state index is 12.5. The zero-order valence-corrected chi connectivity index (χ0v) is 9.16. The monoisotopic (exact) mass is 244 g/mol. The Morgan fingerprint density at radius 2 is 1.82 bits per heavy atom.